The van der Waals surface area contributed by atoms with Gasteiger partial charge in [-0.3, -0.25) is 4.99 Å². The zero-order chi connectivity index (χ0) is 13.8. The molecular weight excluding hydrogens is 244 g/mol. The van der Waals surface area contributed by atoms with Crippen LogP contribution in [0.3, 0.4) is 0 Å². The monoisotopic (exact) mass is 260 g/mol. The molecule has 0 bridgehead atoms. The molecule has 0 N–H and O–H groups in total. The first-order valence-electron chi connectivity index (χ1n) is 6.70. The lowest BCUT2D eigenvalue weighted by molar-refractivity contribution is 1.13. The average Bonchev–Trinajstić information content (AvgIpc) is 2.88. The van der Waals surface area contributed by atoms with Crippen LogP contribution in [0, 0.1) is 0 Å². The Bertz CT molecular complexity index is 764. The fraction of sp³-hybridized carbons (Fsp3) is 0.0556. The number of rotatable bonds is 3. The molecule has 0 saturated heterocycles. The Kier molecular flexibility index (Phi) is 3.46. The molecule has 0 saturated carbocycles. The molecule has 0 spiro atoms. The van der Waals surface area contributed by atoms with E-state index in [0.29, 0.717) is 0 Å². The van der Waals surface area contributed by atoms with Crippen LogP contribution in [0.2, 0.25) is 0 Å². The van der Waals surface area contributed by atoms with Gasteiger partial charge in [0.1, 0.15) is 0 Å². The predicted molar refractivity (Wildman–Crippen MR) is 86.5 cm³/mol. The van der Waals surface area contributed by atoms with Crippen LogP contribution < -0.4 is 0 Å². The van der Waals surface area contributed by atoms with Crippen LogP contribution in [-0.4, -0.2) is 10.8 Å². The van der Waals surface area contributed by atoms with Gasteiger partial charge in [-0.25, -0.2) is 0 Å². The third kappa shape index (κ3) is 2.28. The number of hydrogen-bond donors (Lipinski definition) is 0. The van der Waals surface area contributed by atoms with E-state index in [1.54, 1.807) is 6.21 Å². The summed E-state index contributed by atoms with van der Waals surface area (Å²) < 4.78 is 2.21. The standard InChI is InChI=1S/C18H16N2/c1-2-19-13-12-15-14-20(16-8-4-3-5-9-16)18-11-7-6-10-17(15)18/h2-14H,1H3/b13-12-,19-2-. The molecule has 2 aromatic carbocycles. The van der Waals surface area contributed by atoms with Crippen molar-refractivity contribution in [2.75, 3.05) is 0 Å². The molecule has 1 heterocycles. The third-order valence-electron chi connectivity index (χ3n) is 3.27. The third-order valence-corrected chi connectivity index (χ3v) is 3.27. The number of benzene rings is 2. The van der Waals surface area contributed by atoms with Gasteiger partial charge in [-0.2, -0.15) is 0 Å². The van der Waals surface area contributed by atoms with Gasteiger partial charge in [0.05, 0.1) is 5.52 Å². The molecule has 0 aliphatic rings. The Morgan fingerprint density at radius 1 is 0.950 bits per heavy atom. The minimum atomic E-state index is 1.17. The fourth-order valence-corrected chi connectivity index (χ4v) is 2.35. The Hall–Kier alpha value is -2.61. The van der Waals surface area contributed by atoms with Crippen LogP contribution in [-0.2, 0) is 0 Å². The lowest BCUT2D eigenvalue weighted by atomic mass is 10.2. The molecule has 0 unspecified atom stereocenters. The largest absolute Gasteiger partial charge is 0.316 e. The van der Waals surface area contributed by atoms with Crippen LogP contribution in [0.25, 0.3) is 22.7 Å². The van der Waals surface area contributed by atoms with Gasteiger partial charge in [0.2, 0.25) is 0 Å². The van der Waals surface area contributed by atoms with Crippen LogP contribution >= 0.6 is 0 Å². The summed E-state index contributed by atoms with van der Waals surface area (Å²) >= 11 is 0. The highest BCUT2D eigenvalue weighted by atomic mass is 15.0. The first-order valence-corrected chi connectivity index (χ1v) is 6.70. The predicted octanol–water partition coefficient (Wildman–Crippen LogP) is 4.69. The van der Waals surface area contributed by atoms with Crippen LogP contribution in [0.5, 0.6) is 0 Å². The average molecular weight is 260 g/mol. The molecule has 2 heteroatoms. The topological polar surface area (TPSA) is 17.3 Å². The van der Waals surface area contributed by atoms with Crippen molar-refractivity contribution >= 4 is 23.2 Å². The fourth-order valence-electron chi connectivity index (χ4n) is 2.35. The van der Waals surface area contributed by atoms with Crippen LogP contribution in [0.15, 0.2) is 72.0 Å². The van der Waals surface area contributed by atoms with E-state index in [0.717, 1.165) is 0 Å². The van der Waals surface area contributed by atoms with Gasteiger partial charge in [0, 0.05) is 35.2 Å². The van der Waals surface area contributed by atoms with Crippen molar-refractivity contribution in [2.45, 2.75) is 6.92 Å². The zero-order valence-corrected chi connectivity index (χ0v) is 11.4. The molecule has 0 amide bonds. The second-order valence-electron chi connectivity index (χ2n) is 4.53. The highest BCUT2D eigenvalue weighted by Gasteiger charge is 2.06. The minimum absolute atomic E-state index is 1.17. The summed E-state index contributed by atoms with van der Waals surface area (Å²) in [5, 5.41) is 1.24. The van der Waals surface area contributed by atoms with Gasteiger partial charge < -0.3 is 4.57 Å². The molecule has 0 atom stereocenters. The number of aliphatic imine (C=N–C) groups is 1. The Balaban J connectivity index is 2.19. The lowest BCUT2D eigenvalue weighted by Crippen LogP contribution is -1.90. The summed E-state index contributed by atoms with van der Waals surface area (Å²) in [7, 11) is 0. The van der Waals surface area contributed by atoms with Gasteiger partial charge in [-0.15, -0.1) is 0 Å². The van der Waals surface area contributed by atoms with Crippen molar-refractivity contribution in [1.29, 1.82) is 0 Å². The minimum Gasteiger partial charge on any atom is -0.316 e. The molecule has 3 rings (SSSR count). The van der Waals surface area contributed by atoms with Crippen molar-refractivity contribution in [3.63, 3.8) is 0 Å². The summed E-state index contributed by atoms with van der Waals surface area (Å²) in [5.41, 5.74) is 3.55. The maximum absolute atomic E-state index is 4.14. The SMILES string of the molecule is C/C=N\C=C/c1cn(-c2ccccc2)c2ccccc12. The zero-order valence-electron chi connectivity index (χ0n) is 11.4. The van der Waals surface area contributed by atoms with Crippen LogP contribution in [0.1, 0.15) is 12.5 Å². The van der Waals surface area contributed by atoms with E-state index in [1.165, 1.54) is 22.2 Å². The van der Waals surface area contributed by atoms with E-state index in [1.807, 2.05) is 25.3 Å². The lowest BCUT2D eigenvalue weighted by Gasteiger charge is -2.04. The number of aromatic nitrogens is 1. The maximum Gasteiger partial charge on any atom is 0.0534 e. The normalized spacial score (nSPS) is 11.8. The van der Waals surface area contributed by atoms with E-state index in [2.05, 4.69) is 64.3 Å². The van der Waals surface area contributed by atoms with E-state index < -0.39 is 0 Å². The Morgan fingerprint density at radius 3 is 2.50 bits per heavy atom. The quantitative estimate of drug-likeness (QED) is 0.608. The molecule has 98 valence electrons. The van der Waals surface area contributed by atoms with Crippen molar-refractivity contribution in [1.82, 2.24) is 4.57 Å². The molecule has 20 heavy (non-hydrogen) atoms. The molecule has 0 fully saturated rings. The van der Waals surface area contributed by atoms with Crippen molar-refractivity contribution in [3.05, 3.63) is 72.6 Å². The molecule has 3 aromatic rings. The summed E-state index contributed by atoms with van der Waals surface area (Å²) in [5.74, 6) is 0. The van der Waals surface area contributed by atoms with Gasteiger partial charge >= 0.3 is 0 Å². The maximum atomic E-state index is 4.14. The smallest absolute Gasteiger partial charge is 0.0534 e. The second kappa shape index (κ2) is 5.57. The Morgan fingerprint density at radius 2 is 1.70 bits per heavy atom. The first kappa shape index (κ1) is 12.4. The molecule has 1 aromatic heterocycles. The molecule has 2 nitrogen and oxygen atoms in total. The number of hydrogen-bond acceptors (Lipinski definition) is 1. The number of nitrogens with zero attached hydrogens (tertiary/aromatic N) is 2. The van der Waals surface area contributed by atoms with Gasteiger partial charge in [-0.05, 0) is 31.2 Å². The summed E-state index contributed by atoms with van der Waals surface area (Å²) in [4.78, 5) is 4.14. The van der Waals surface area contributed by atoms with E-state index in [4.69, 9.17) is 0 Å². The molecular formula is C18H16N2. The number of fused-ring (bicyclic) bond motifs is 1. The van der Waals surface area contributed by atoms with Crippen LogP contribution in [0.4, 0.5) is 0 Å². The van der Waals surface area contributed by atoms with Gasteiger partial charge in [0.25, 0.3) is 0 Å². The molecule has 0 radical (unpaired) electrons. The van der Waals surface area contributed by atoms with Gasteiger partial charge in [-0.1, -0.05) is 36.4 Å². The molecule has 0 aliphatic carbocycles. The van der Waals surface area contributed by atoms with Crippen molar-refractivity contribution in [2.24, 2.45) is 4.99 Å². The van der Waals surface area contributed by atoms with E-state index in [9.17, 15) is 0 Å². The summed E-state index contributed by atoms with van der Waals surface area (Å²) in [6.45, 7) is 1.91. The molecule has 0 aliphatic heterocycles. The first-order chi connectivity index (χ1) is 9.90. The van der Waals surface area contributed by atoms with Crippen molar-refractivity contribution in [3.8, 4) is 5.69 Å². The summed E-state index contributed by atoms with van der Waals surface area (Å²) in [6, 6.07) is 18.8. The highest BCUT2D eigenvalue weighted by molar-refractivity contribution is 5.90. The van der Waals surface area contributed by atoms with E-state index >= 15 is 0 Å². The summed E-state index contributed by atoms with van der Waals surface area (Å²) in [6.07, 6.45) is 7.81. The van der Waals surface area contributed by atoms with Crippen molar-refractivity contribution < 1.29 is 0 Å². The van der Waals surface area contributed by atoms with Gasteiger partial charge in [0.15, 0.2) is 0 Å². The highest BCUT2D eigenvalue weighted by Crippen LogP contribution is 2.25. The second-order valence-corrected chi connectivity index (χ2v) is 4.53. The number of para-hydroxylation sites is 2. The Labute approximate surface area is 118 Å². The van der Waals surface area contributed by atoms with E-state index in [-0.39, 0.29) is 0 Å².